The molecule has 0 saturated heterocycles. The topological polar surface area (TPSA) is 111 Å². The smallest absolute Gasteiger partial charge is 0.252 e. The van der Waals surface area contributed by atoms with Crippen molar-refractivity contribution in [3.05, 3.63) is 106 Å². The van der Waals surface area contributed by atoms with Crippen LogP contribution in [0.2, 0.25) is 0 Å². The van der Waals surface area contributed by atoms with Gasteiger partial charge in [-0.3, -0.25) is 14.7 Å². The predicted molar refractivity (Wildman–Crippen MR) is 148 cm³/mol. The maximum Gasteiger partial charge on any atom is 0.252 e. The van der Waals surface area contributed by atoms with Crippen LogP contribution >= 0.6 is 0 Å². The molecule has 0 unspecified atom stereocenters. The Kier molecular flexibility index (Phi) is 8.11. The first-order valence-corrected chi connectivity index (χ1v) is 12.9. The van der Waals surface area contributed by atoms with Crippen LogP contribution in [0.25, 0.3) is 10.9 Å². The van der Waals surface area contributed by atoms with E-state index in [4.69, 9.17) is 9.47 Å². The number of aromatic nitrogens is 6. The molecule has 10 nitrogen and oxygen atoms in total. The number of rotatable bonds is 11. The van der Waals surface area contributed by atoms with Gasteiger partial charge in [0.15, 0.2) is 17.3 Å². The van der Waals surface area contributed by atoms with Gasteiger partial charge in [-0.1, -0.05) is 25.1 Å². The lowest BCUT2D eigenvalue weighted by atomic mass is 10.1. The van der Waals surface area contributed by atoms with E-state index in [1.54, 1.807) is 43.3 Å². The first kappa shape index (κ1) is 26.9. The van der Waals surface area contributed by atoms with Gasteiger partial charge in [0.25, 0.3) is 5.56 Å². The van der Waals surface area contributed by atoms with Crippen molar-refractivity contribution in [1.82, 2.24) is 35.1 Å². The summed E-state index contributed by atoms with van der Waals surface area (Å²) in [6, 6.07) is 15.4. The van der Waals surface area contributed by atoms with E-state index in [1.165, 1.54) is 12.1 Å². The van der Waals surface area contributed by atoms with Crippen LogP contribution < -0.4 is 15.0 Å². The van der Waals surface area contributed by atoms with Crippen LogP contribution in [0, 0.1) is 5.82 Å². The van der Waals surface area contributed by atoms with Crippen LogP contribution in [0.3, 0.4) is 0 Å². The van der Waals surface area contributed by atoms with E-state index in [9.17, 15) is 9.18 Å². The van der Waals surface area contributed by atoms with Crippen LogP contribution in [-0.4, -0.2) is 49.3 Å². The Morgan fingerprint density at radius 1 is 1.02 bits per heavy atom. The van der Waals surface area contributed by atoms with Crippen molar-refractivity contribution >= 4 is 10.9 Å². The second kappa shape index (κ2) is 12.0. The molecule has 5 rings (SSSR count). The van der Waals surface area contributed by atoms with Crippen molar-refractivity contribution < 1.29 is 13.9 Å². The fourth-order valence-corrected chi connectivity index (χ4v) is 4.85. The first-order valence-electron chi connectivity index (χ1n) is 12.9. The SMILES string of the molecule is CC[C@@H](c1nnnn1Cc1ccc(F)cc1)N(Cc1cccnc1)Cc1cc2cc(OC)c(OC)cc2[nH]c1=O. The Balaban J connectivity index is 1.52. The van der Waals surface area contributed by atoms with Crippen molar-refractivity contribution in [1.29, 1.82) is 0 Å². The molecule has 0 aliphatic rings. The predicted octanol–water partition coefficient (Wildman–Crippen LogP) is 4.27. The summed E-state index contributed by atoms with van der Waals surface area (Å²) in [7, 11) is 3.13. The monoisotopic (exact) mass is 543 g/mol. The summed E-state index contributed by atoms with van der Waals surface area (Å²) in [4.78, 5) is 22.7. The third-order valence-electron chi connectivity index (χ3n) is 6.84. The summed E-state index contributed by atoms with van der Waals surface area (Å²) in [5.41, 5.74) is 2.90. The van der Waals surface area contributed by atoms with Gasteiger partial charge in [-0.05, 0) is 58.3 Å². The quantitative estimate of drug-likeness (QED) is 0.263. The largest absolute Gasteiger partial charge is 0.493 e. The minimum Gasteiger partial charge on any atom is -0.493 e. The number of H-pyrrole nitrogens is 1. The molecular weight excluding hydrogens is 513 g/mol. The highest BCUT2D eigenvalue weighted by molar-refractivity contribution is 5.83. The Bertz CT molecular complexity index is 1640. The molecule has 0 fully saturated rings. The molecule has 3 heterocycles. The number of hydrogen-bond donors (Lipinski definition) is 1. The lowest BCUT2D eigenvalue weighted by Gasteiger charge is -2.30. The van der Waals surface area contributed by atoms with Crippen molar-refractivity contribution in [2.24, 2.45) is 0 Å². The zero-order valence-electron chi connectivity index (χ0n) is 22.5. The molecule has 206 valence electrons. The Labute approximate surface area is 230 Å². The van der Waals surface area contributed by atoms with Gasteiger partial charge in [-0.2, -0.15) is 0 Å². The number of fused-ring (bicyclic) bond motifs is 1. The van der Waals surface area contributed by atoms with E-state index in [0.717, 1.165) is 16.5 Å². The summed E-state index contributed by atoms with van der Waals surface area (Å²) in [6.07, 6.45) is 4.22. The molecule has 0 bridgehead atoms. The zero-order valence-corrected chi connectivity index (χ0v) is 22.5. The standard InChI is InChI=1S/C29H30FN7O3/c1-4-25(28-33-34-35-37(28)17-19-7-9-23(30)10-8-19)36(16-20-6-5-11-31-15-20)18-22-12-21-13-26(39-2)27(40-3)14-24(21)32-29(22)38/h5-15,25H,4,16-18H2,1-3H3,(H,32,38)/t25-/m0/s1. The normalized spacial score (nSPS) is 12.1. The number of benzene rings is 2. The number of hydrogen-bond acceptors (Lipinski definition) is 8. The Morgan fingerprint density at radius 2 is 1.80 bits per heavy atom. The maximum atomic E-state index is 13.5. The van der Waals surface area contributed by atoms with Crippen molar-refractivity contribution in [2.75, 3.05) is 14.2 Å². The number of pyridine rings is 2. The number of nitrogens with one attached hydrogen (secondary N) is 1. The number of nitrogens with zero attached hydrogens (tertiary/aromatic N) is 6. The van der Waals surface area contributed by atoms with Gasteiger partial charge in [0, 0.05) is 42.5 Å². The van der Waals surface area contributed by atoms with Gasteiger partial charge < -0.3 is 14.5 Å². The highest BCUT2D eigenvalue weighted by Gasteiger charge is 2.26. The van der Waals surface area contributed by atoms with Gasteiger partial charge in [0.2, 0.25) is 0 Å². The van der Waals surface area contributed by atoms with E-state index < -0.39 is 0 Å². The Hall–Kier alpha value is -4.64. The molecule has 1 N–H and O–H groups in total. The summed E-state index contributed by atoms with van der Waals surface area (Å²) in [6.45, 7) is 3.28. The van der Waals surface area contributed by atoms with E-state index in [1.807, 2.05) is 30.5 Å². The van der Waals surface area contributed by atoms with Crippen LogP contribution in [-0.2, 0) is 19.6 Å². The molecule has 2 aromatic carbocycles. The van der Waals surface area contributed by atoms with Gasteiger partial charge in [0.05, 0.1) is 32.3 Å². The number of tetrazole rings is 1. The summed E-state index contributed by atoms with van der Waals surface area (Å²) < 4.78 is 26.0. The van der Waals surface area contributed by atoms with Crippen LogP contribution in [0.4, 0.5) is 4.39 Å². The van der Waals surface area contributed by atoms with Gasteiger partial charge in [-0.25, -0.2) is 9.07 Å². The van der Waals surface area contributed by atoms with E-state index in [2.05, 4.69) is 37.3 Å². The molecule has 0 aliphatic heterocycles. The summed E-state index contributed by atoms with van der Waals surface area (Å²) in [5.74, 6) is 1.47. The maximum absolute atomic E-state index is 13.5. The average molecular weight is 544 g/mol. The molecule has 0 radical (unpaired) electrons. The van der Waals surface area contributed by atoms with Crippen LogP contribution in [0.1, 0.15) is 41.9 Å². The van der Waals surface area contributed by atoms with Crippen molar-refractivity contribution in [2.45, 2.75) is 39.0 Å². The third kappa shape index (κ3) is 5.84. The minimum absolute atomic E-state index is 0.198. The number of ether oxygens (including phenoxy) is 2. The van der Waals surface area contributed by atoms with Crippen LogP contribution in [0.5, 0.6) is 11.5 Å². The third-order valence-corrected chi connectivity index (χ3v) is 6.84. The van der Waals surface area contributed by atoms with Gasteiger partial charge in [0.1, 0.15) is 5.82 Å². The van der Waals surface area contributed by atoms with Gasteiger partial charge >= 0.3 is 0 Å². The minimum atomic E-state index is -0.300. The molecule has 0 saturated carbocycles. The fourth-order valence-electron chi connectivity index (χ4n) is 4.85. The number of methoxy groups -OCH3 is 2. The first-order chi connectivity index (χ1) is 19.5. The molecule has 0 aliphatic carbocycles. The molecule has 11 heteroatoms. The second-order valence-corrected chi connectivity index (χ2v) is 9.43. The molecule has 0 spiro atoms. The lowest BCUT2D eigenvalue weighted by molar-refractivity contribution is 0.161. The molecule has 3 aromatic heterocycles. The molecule has 40 heavy (non-hydrogen) atoms. The van der Waals surface area contributed by atoms with E-state index in [0.29, 0.717) is 54.5 Å². The van der Waals surface area contributed by atoms with Crippen molar-refractivity contribution in [3.63, 3.8) is 0 Å². The highest BCUT2D eigenvalue weighted by atomic mass is 19.1. The second-order valence-electron chi connectivity index (χ2n) is 9.43. The zero-order chi connectivity index (χ0) is 28.1. The number of halogens is 1. The fraction of sp³-hybridized carbons (Fsp3) is 0.276. The molecule has 5 aromatic rings. The molecule has 0 amide bonds. The van der Waals surface area contributed by atoms with Gasteiger partial charge in [-0.15, -0.1) is 5.10 Å². The Morgan fingerprint density at radius 3 is 2.50 bits per heavy atom. The van der Waals surface area contributed by atoms with Crippen LogP contribution in [0.15, 0.2) is 71.8 Å². The average Bonchev–Trinajstić information content (AvgIpc) is 3.42. The summed E-state index contributed by atoms with van der Waals surface area (Å²) >= 11 is 0. The van der Waals surface area contributed by atoms with E-state index in [-0.39, 0.29) is 17.4 Å². The van der Waals surface area contributed by atoms with Crippen molar-refractivity contribution in [3.8, 4) is 11.5 Å². The summed E-state index contributed by atoms with van der Waals surface area (Å²) in [5, 5.41) is 13.4. The van der Waals surface area contributed by atoms with E-state index >= 15 is 0 Å². The molecule has 1 atom stereocenters. The molecular formula is C29H30FN7O3. The lowest BCUT2D eigenvalue weighted by Crippen LogP contribution is -2.32. The highest BCUT2D eigenvalue weighted by Crippen LogP contribution is 2.32. The number of aromatic amines is 1.